The van der Waals surface area contributed by atoms with Crippen molar-refractivity contribution in [2.45, 2.75) is 0 Å². The maximum absolute atomic E-state index is 13.0. The second kappa shape index (κ2) is 10.3. The zero-order valence-corrected chi connectivity index (χ0v) is 21.2. The lowest BCUT2D eigenvalue weighted by atomic mass is 10.0. The summed E-state index contributed by atoms with van der Waals surface area (Å²) in [5.41, 5.74) is 4.90. The Morgan fingerprint density at radius 1 is 0.838 bits per heavy atom. The number of rotatable bonds is 5. The number of aromatic nitrogens is 1. The molecule has 8 heteroatoms. The predicted octanol–water partition coefficient (Wildman–Crippen LogP) is 7.39. The molecule has 0 atom stereocenters. The van der Waals surface area contributed by atoms with Gasteiger partial charge in [0.05, 0.1) is 15.5 Å². The minimum atomic E-state index is -0.616. The second-order valence-electron chi connectivity index (χ2n) is 8.27. The van der Waals surface area contributed by atoms with E-state index in [9.17, 15) is 14.9 Å². The van der Waals surface area contributed by atoms with Crippen LogP contribution in [0.15, 0.2) is 108 Å². The molecule has 0 aliphatic rings. The smallest absolute Gasteiger partial charge is 0.288 e. The molecule has 0 aliphatic heterocycles. The van der Waals surface area contributed by atoms with E-state index in [1.807, 2.05) is 60.1 Å². The van der Waals surface area contributed by atoms with Crippen LogP contribution in [0.4, 0.5) is 5.69 Å². The number of nitrogens with zero attached hydrogens (tertiary/aromatic N) is 3. The molecule has 5 rings (SSSR count). The van der Waals surface area contributed by atoms with Crippen LogP contribution in [0.3, 0.4) is 0 Å². The molecule has 0 radical (unpaired) electrons. The van der Waals surface area contributed by atoms with Gasteiger partial charge in [0, 0.05) is 18.7 Å². The molecule has 4 aromatic carbocycles. The van der Waals surface area contributed by atoms with Crippen molar-refractivity contribution in [1.29, 1.82) is 0 Å². The predicted molar refractivity (Wildman–Crippen MR) is 148 cm³/mol. The molecule has 0 saturated heterocycles. The number of amides is 1. The van der Waals surface area contributed by atoms with Gasteiger partial charge >= 0.3 is 0 Å². The van der Waals surface area contributed by atoms with E-state index in [2.05, 4.69) is 41.4 Å². The van der Waals surface area contributed by atoms with E-state index in [-0.39, 0.29) is 16.3 Å². The summed E-state index contributed by atoms with van der Waals surface area (Å²) in [5, 5.41) is 11.2. The van der Waals surface area contributed by atoms with Gasteiger partial charge in [-0.05, 0) is 34.4 Å². The first kappa shape index (κ1) is 24.4. The van der Waals surface area contributed by atoms with E-state index in [1.54, 1.807) is 0 Å². The van der Waals surface area contributed by atoms with Crippen molar-refractivity contribution >= 4 is 34.5 Å². The van der Waals surface area contributed by atoms with Crippen molar-refractivity contribution < 1.29 is 9.72 Å². The lowest BCUT2D eigenvalue weighted by Crippen LogP contribution is -2.14. The van der Waals surface area contributed by atoms with Crippen LogP contribution in [-0.2, 0) is 7.05 Å². The Hall–Kier alpha value is -4.33. The van der Waals surface area contributed by atoms with Crippen molar-refractivity contribution in [3.05, 3.63) is 129 Å². The minimum Gasteiger partial charge on any atom is -0.319 e. The molecule has 0 spiro atoms. The first-order valence-corrected chi connectivity index (χ1v) is 12.6. The number of carbonyl (C=O) groups excluding carboxylic acids is 1. The van der Waals surface area contributed by atoms with Gasteiger partial charge < -0.3 is 4.57 Å². The summed E-state index contributed by atoms with van der Waals surface area (Å²) in [6.45, 7) is 0. The third-order valence-corrected chi connectivity index (χ3v) is 7.42. The normalized spacial score (nSPS) is 11.5. The molecule has 1 heterocycles. The van der Waals surface area contributed by atoms with E-state index in [0.29, 0.717) is 4.80 Å². The molecule has 182 valence electrons. The van der Waals surface area contributed by atoms with Gasteiger partial charge in [0.2, 0.25) is 0 Å². The Labute approximate surface area is 221 Å². The molecule has 0 saturated carbocycles. The molecule has 0 fully saturated rings. The standard InChI is InChI=1S/C29H20ClN3O3S/c1-32-26(21-14-12-20(13-15-21)19-8-4-2-5-9-19)27(22-10-6-3-7-11-22)37-29(32)31-28(34)23-16-17-24(30)25(18-23)33(35)36/h2-18H,1H3. The fourth-order valence-electron chi connectivity index (χ4n) is 4.05. The summed E-state index contributed by atoms with van der Waals surface area (Å²) in [6.07, 6.45) is 0. The lowest BCUT2D eigenvalue weighted by Gasteiger charge is -2.09. The van der Waals surface area contributed by atoms with Gasteiger partial charge in [-0.1, -0.05) is 108 Å². The Bertz CT molecular complexity index is 1680. The Morgan fingerprint density at radius 2 is 1.41 bits per heavy atom. The van der Waals surface area contributed by atoms with Crippen molar-refractivity contribution in [3.63, 3.8) is 0 Å². The number of hydrogen-bond donors (Lipinski definition) is 0. The molecule has 0 aliphatic carbocycles. The van der Waals surface area contributed by atoms with Gasteiger partial charge in [0.1, 0.15) is 5.02 Å². The number of thiazole rings is 1. The molecular weight excluding hydrogens is 506 g/mol. The summed E-state index contributed by atoms with van der Waals surface area (Å²) in [5.74, 6) is -0.581. The van der Waals surface area contributed by atoms with Crippen LogP contribution in [0, 0.1) is 10.1 Å². The largest absolute Gasteiger partial charge is 0.319 e. The summed E-state index contributed by atoms with van der Waals surface area (Å²) < 4.78 is 1.88. The third-order valence-electron chi connectivity index (χ3n) is 5.92. The van der Waals surface area contributed by atoms with Gasteiger partial charge in [0.25, 0.3) is 11.6 Å². The molecule has 6 nitrogen and oxygen atoms in total. The first-order valence-electron chi connectivity index (χ1n) is 11.4. The van der Waals surface area contributed by atoms with E-state index >= 15 is 0 Å². The summed E-state index contributed by atoms with van der Waals surface area (Å²) >= 11 is 7.29. The lowest BCUT2D eigenvalue weighted by molar-refractivity contribution is -0.384. The van der Waals surface area contributed by atoms with Crippen molar-refractivity contribution in [2.24, 2.45) is 12.0 Å². The van der Waals surface area contributed by atoms with E-state index in [1.165, 1.54) is 23.5 Å². The highest BCUT2D eigenvalue weighted by Crippen LogP contribution is 2.35. The van der Waals surface area contributed by atoms with Crippen LogP contribution >= 0.6 is 22.9 Å². The average Bonchev–Trinajstić information content (AvgIpc) is 3.25. The fourth-order valence-corrected chi connectivity index (χ4v) is 5.38. The molecule has 5 aromatic rings. The van der Waals surface area contributed by atoms with Crippen LogP contribution in [0.25, 0.3) is 32.8 Å². The van der Waals surface area contributed by atoms with E-state index in [4.69, 9.17) is 11.6 Å². The summed E-state index contributed by atoms with van der Waals surface area (Å²) in [7, 11) is 1.86. The van der Waals surface area contributed by atoms with Gasteiger partial charge in [-0.25, -0.2) is 0 Å². The molecule has 0 bridgehead atoms. The quantitative estimate of drug-likeness (QED) is 0.177. The third kappa shape index (κ3) is 5.00. The second-order valence-corrected chi connectivity index (χ2v) is 9.66. The number of hydrogen-bond acceptors (Lipinski definition) is 4. The number of nitro groups is 1. The van der Waals surface area contributed by atoms with Crippen molar-refractivity contribution in [1.82, 2.24) is 4.57 Å². The van der Waals surface area contributed by atoms with Crippen molar-refractivity contribution in [3.8, 4) is 32.8 Å². The maximum Gasteiger partial charge on any atom is 0.288 e. The number of benzene rings is 4. The highest BCUT2D eigenvalue weighted by Gasteiger charge is 2.19. The fraction of sp³-hybridized carbons (Fsp3) is 0.0345. The first-order chi connectivity index (χ1) is 17.9. The molecule has 0 unspecified atom stereocenters. The topological polar surface area (TPSA) is 77.5 Å². The summed E-state index contributed by atoms with van der Waals surface area (Å²) in [4.78, 5) is 29.4. The van der Waals surface area contributed by atoms with Crippen molar-refractivity contribution in [2.75, 3.05) is 0 Å². The van der Waals surface area contributed by atoms with E-state index in [0.717, 1.165) is 38.9 Å². The Balaban J connectivity index is 1.62. The highest BCUT2D eigenvalue weighted by atomic mass is 35.5. The van der Waals surface area contributed by atoms with E-state index < -0.39 is 10.8 Å². The van der Waals surface area contributed by atoms with Gasteiger partial charge in [0.15, 0.2) is 4.80 Å². The Kier molecular flexibility index (Phi) is 6.81. The van der Waals surface area contributed by atoms with Gasteiger partial charge in [-0.3, -0.25) is 14.9 Å². The SMILES string of the molecule is Cn1c(-c2ccc(-c3ccccc3)cc2)c(-c2ccccc2)sc1=NC(=O)c1ccc(Cl)c([N+](=O)[O-])c1. The monoisotopic (exact) mass is 525 g/mol. The highest BCUT2D eigenvalue weighted by molar-refractivity contribution is 7.13. The van der Waals surface area contributed by atoms with Gasteiger partial charge in [-0.2, -0.15) is 4.99 Å². The van der Waals surface area contributed by atoms with Crippen LogP contribution in [0.1, 0.15) is 10.4 Å². The summed E-state index contributed by atoms with van der Waals surface area (Å²) in [6, 6.07) is 32.3. The molecular formula is C29H20ClN3O3S. The van der Waals surface area contributed by atoms with Crippen LogP contribution in [-0.4, -0.2) is 15.4 Å². The van der Waals surface area contributed by atoms with Crippen LogP contribution < -0.4 is 4.80 Å². The minimum absolute atomic E-state index is 0.0316. The van der Waals surface area contributed by atoms with Crippen LogP contribution in [0.5, 0.6) is 0 Å². The molecule has 37 heavy (non-hydrogen) atoms. The molecule has 0 N–H and O–H groups in total. The molecule has 1 aromatic heterocycles. The Morgan fingerprint density at radius 3 is 2.03 bits per heavy atom. The average molecular weight is 526 g/mol. The number of halogens is 1. The number of nitro benzene ring substituents is 1. The molecule has 1 amide bonds. The zero-order valence-electron chi connectivity index (χ0n) is 19.7. The van der Waals surface area contributed by atoms with Gasteiger partial charge in [-0.15, -0.1) is 0 Å². The van der Waals surface area contributed by atoms with Crippen LogP contribution in [0.2, 0.25) is 5.02 Å². The number of carbonyl (C=O) groups is 1. The zero-order chi connectivity index (χ0) is 25.9. The maximum atomic E-state index is 13.0.